The van der Waals surface area contributed by atoms with Crippen LogP contribution in [-0.4, -0.2) is 25.5 Å². The van der Waals surface area contributed by atoms with Gasteiger partial charge in [0.1, 0.15) is 11.4 Å². The van der Waals surface area contributed by atoms with Gasteiger partial charge in [-0.15, -0.1) is 11.8 Å². The minimum absolute atomic E-state index is 0.870. The van der Waals surface area contributed by atoms with Crippen LogP contribution in [0.1, 0.15) is 5.56 Å². The molecule has 1 aromatic carbocycles. The number of aryl methyl sites for hydroxylation is 1. The van der Waals surface area contributed by atoms with Crippen molar-refractivity contribution >= 4 is 28.9 Å². The maximum atomic E-state index is 4.33. The summed E-state index contributed by atoms with van der Waals surface area (Å²) in [6.07, 6.45) is 7.67. The number of rotatable bonds is 4. The molecule has 0 saturated carbocycles. The monoisotopic (exact) mass is 282 g/mol. The van der Waals surface area contributed by atoms with Crippen molar-refractivity contribution in [2.75, 3.05) is 5.75 Å². The molecule has 0 aliphatic carbocycles. The molecule has 2 heterocycles. The number of hydrogen-bond donors (Lipinski definition) is 0. The van der Waals surface area contributed by atoms with Gasteiger partial charge >= 0.3 is 0 Å². The molecule has 0 spiro atoms. The summed E-state index contributed by atoms with van der Waals surface area (Å²) < 4.78 is 1.76. The molecule has 0 fully saturated rings. The van der Waals surface area contributed by atoms with Crippen molar-refractivity contribution < 1.29 is 0 Å². The van der Waals surface area contributed by atoms with Crippen LogP contribution in [0.3, 0.4) is 0 Å². The van der Waals surface area contributed by atoms with Crippen molar-refractivity contribution in [1.82, 2.24) is 19.7 Å². The molecule has 3 rings (SSSR count). The van der Waals surface area contributed by atoms with Crippen molar-refractivity contribution in [2.24, 2.45) is 7.05 Å². The molecule has 100 valence electrons. The van der Waals surface area contributed by atoms with Gasteiger partial charge in [-0.25, -0.2) is 9.97 Å². The molecular formula is C15H14N4S. The molecule has 4 nitrogen and oxygen atoms in total. The lowest BCUT2D eigenvalue weighted by Gasteiger charge is -1.99. The number of aromatic nitrogens is 4. The third kappa shape index (κ3) is 2.72. The molecule has 0 unspecified atom stereocenters. The van der Waals surface area contributed by atoms with E-state index in [9.17, 15) is 0 Å². The van der Waals surface area contributed by atoms with Crippen molar-refractivity contribution in [3.8, 4) is 0 Å². The minimum atomic E-state index is 0.870. The van der Waals surface area contributed by atoms with Crippen LogP contribution in [0.15, 0.2) is 54.0 Å². The molecule has 0 N–H and O–H groups in total. The Kier molecular flexibility index (Phi) is 3.78. The van der Waals surface area contributed by atoms with Crippen LogP contribution in [0.2, 0.25) is 0 Å². The fourth-order valence-corrected chi connectivity index (χ4v) is 2.70. The van der Waals surface area contributed by atoms with Crippen LogP contribution in [0, 0.1) is 0 Å². The van der Waals surface area contributed by atoms with E-state index in [0.29, 0.717) is 0 Å². The second-order valence-corrected chi connectivity index (χ2v) is 5.32. The number of hydrogen-bond acceptors (Lipinski definition) is 4. The van der Waals surface area contributed by atoms with E-state index in [1.807, 2.05) is 31.4 Å². The molecule has 0 atom stereocenters. The second-order valence-electron chi connectivity index (χ2n) is 4.31. The maximum Gasteiger partial charge on any atom is 0.162 e. The first kappa shape index (κ1) is 12.9. The molecule has 0 saturated heterocycles. The van der Waals surface area contributed by atoms with Gasteiger partial charge in [0.2, 0.25) is 0 Å². The lowest BCUT2D eigenvalue weighted by molar-refractivity contribution is 0.784. The summed E-state index contributed by atoms with van der Waals surface area (Å²) >= 11 is 1.69. The van der Waals surface area contributed by atoms with Gasteiger partial charge in [0.25, 0.3) is 0 Å². The Bertz CT molecular complexity index is 734. The van der Waals surface area contributed by atoms with E-state index in [1.54, 1.807) is 22.8 Å². The van der Waals surface area contributed by atoms with E-state index in [1.165, 1.54) is 5.56 Å². The number of nitrogens with zero attached hydrogens (tertiary/aromatic N) is 4. The Morgan fingerprint density at radius 3 is 2.90 bits per heavy atom. The van der Waals surface area contributed by atoms with Crippen molar-refractivity contribution in [3.05, 3.63) is 54.5 Å². The highest BCUT2D eigenvalue weighted by Crippen LogP contribution is 2.23. The van der Waals surface area contributed by atoms with Gasteiger partial charge in [0.05, 0.1) is 11.6 Å². The lowest BCUT2D eigenvalue weighted by atomic mass is 10.2. The average Bonchev–Trinajstić information content (AvgIpc) is 2.87. The summed E-state index contributed by atoms with van der Waals surface area (Å²) in [4.78, 5) is 8.56. The summed E-state index contributed by atoms with van der Waals surface area (Å²) in [5.74, 6) is 0.871. The zero-order valence-electron chi connectivity index (χ0n) is 11.1. The smallest absolute Gasteiger partial charge is 0.162 e. The predicted octanol–water partition coefficient (Wildman–Crippen LogP) is 3.17. The van der Waals surface area contributed by atoms with E-state index in [4.69, 9.17) is 0 Å². The van der Waals surface area contributed by atoms with Crippen LogP contribution in [0.25, 0.3) is 17.1 Å². The van der Waals surface area contributed by atoms with Crippen LogP contribution in [0.5, 0.6) is 0 Å². The molecule has 0 aliphatic rings. The highest BCUT2D eigenvalue weighted by molar-refractivity contribution is 7.99. The normalized spacial score (nSPS) is 11.4. The fraction of sp³-hybridized carbons (Fsp3) is 0.133. The standard InChI is InChI=1S/C15H14N4S/c1-19-14-13(10-18-19)15(17-11-16-14)20-9-5-8-12-6-3-2-4-7-12/h2-8,10-11H,9H2,1H3/b8-5+. The quantitative estimate of drug-likeness (QED) is 0.544. The van der Waals surface area contributed by atoms with Gasteiger partial charge in [0.15, 0.2) is 5.65 Å². The van der Waals surface area contributed by atoms with E-state index < -0.39 is 0 Å². The van der Waals surface area contributed by atoms with Crippen LogP contribution < -0.4 is 0 Å². The molecule has 0 radical (unpaired) electrons. The van der Waals surface area contributed by atoms with Gasteiger partial charge in [-0.1, -0.05) is 42.5 Å². The van der Waals surface area contributed by atoms with Crippen LogP contribution in [-0.2, 0) is 7.05 Å². The largest absolute Gasteiger partial charge is 0.250 e. The summed E-state index contributed by atoms with van der Waals surface area (Å²) in [5.41, 5.74) is 2.08. The van der Waals surface area contributed by atoms with Gasteiger partial charge in [-0.3, -0.25) is 4.68 Å². The van der Waals surface area contributed by atoms with E-state index >= 15 is 0 Å². The molecule has 0 amide bonds. The topological polar surface area (TPSA) is 43.6 Å². The Balaban J connectivity index is 1.70. The van der Waals surface area contributed by atoms with Crippen molar-refractivity contribution in [3.63, 3.8) is 0 Å². The lowest BCUT2D eigenvalue weighted by Crippen LogP contribution is -1.92. The van der Waals surface area contributed by atoms with Gasteiger partial charge in [0, 0.05) is 12.8 Å². The third-order valence-electron chi connectivity index (χ3n) is 2.92. The summed E-state index contributed by atoms with van der Waals surface area (Å²) in [6, 6.07) is 10.3. The summed E-state index contributed by atoms with van der Waals surface area (Å²) in [7, 11) is 1.89. The Morgan fingerprint density at radius 2 is 2.05 bits per heavy atom. The summed E-state index contributed by atoms with van der Waals surface area (Å²) in [5, 5.41) is 6.20. The molecule has 5 heteroatoms. The second kappa shape index (κ2) is 5.88. The molecular weight excluding hydrogens is 268 g/mol. The van der Waals surface area contributed by atoms with Crippen LogP contribution >= 0.6 is 11.8 Å². The highest BCUT2D eigenvalue weighted by atomic mass is 32.2. The average molecular weight is 282 g/mol. The van der Waals surface area contributed by atoms with Gasteiger partial charge < -0.3 is 0 Å². The van der Waals surface area contributed by atoms with Gasteiger partial charge in [-0.2, -0.15) is 5.10 Å². The van der Waals surface area contributed by atoms with Crippen molar-refractivity contribution in [2.45, 2.75) is 5.03 Å². The number of fused-ring (bicyclic) bond motifs is 1. The number of benzene rings is 1. The molecule has 20 heavy (non-hydrogen) atoms. The maximum absolute atomic E-state index is 4.33. The molecule has 2 aromatic heterocycles. The zero-order chi connectivity index (χ0) is 13.8. The van der Waals surface area contributed by atoms with Crippen LogP contribution in [0.4, 0.5) is 0 Å². The van der Waals surface area contributed by atoms with E-state index in [2.05, 4.69) is 39.4 Å². The first-order valence-electron chi connectivity index (χ1n) is 6.32. The SMILES string of the molecule is Cn1ncc2c(SC/C=C/c3ccccc3)ncnc21. The Hall–Kier alpha value is -2.14. The fourth-order valence-electron chi connectivity index (χ4n) is 1.93. The van der Waals surface area contributed by atoms with Crippen molar-refractivity contribution in [1.29, 1.82) is 0 Å². The summed E-state index contributed by atoms with van der Waals surface area (Å²) in [6.45, 7) is 0. The predicted molar refractivity (Wildman–Crippen MR) is 82.5 cm³/mol. The Labute approximate surface area is 121 Å². The first-order chi connectivity index (χ1) is 9.84. The third-order valence-corrected chi connectivity index (χ3v) is 3.88. The Morgan fingerprint density at radius 1 is 1.20 bits per heavy atom. The molecule has 0 bridgehead atoms. The van der Waals surface area contributed by atoms with Gasteiger partial charge in [-0.05, 0) is 5.56 Å². The number of thioether (sulfide) groups is 1. The molecule has 3 aromatic rings. The van der Waals surface area contributed by atoms with E-state index in [-0.39, 0.29) is 0 Å². The van der Waals surface area contributed by atoms with E-state index in [0.717, 1.165) is 21.8 Å². The minimum Gasteiger partial charge on any atom is -0.250 e. The first-order valence-corrected chi connectivity index (χ1v) is 7.30. The highest BCUT2D eigenvalue weighted by Gasteiger charge is 2.06. The molecule has 0 aliphatic heterocycles. The zero-order valence-corrected chi connectivity index (χ0v) is 11.9.